The highest BCUT2D eigenvalue weighted by Crippen LogP contribution is 2.38. The van der Waals surface area contributed by atoms with Crippen molar-refractivity contribution in [3.05, 3.63) is 29.6 Å². The minimum absolute atomic E-state index is 0.337. The van der Waals surface area contributed by atoms with Crippen LogP contribution in [0.1, 0.15) is 33.4 Å². The van der Waals surface area contributed by atoms with Crippen molar-refractivity contribution in [2.45, 2.75) is 38.9 Å². The van der Waals surface area contributed by atoms with E-state index in [4.69, 9.17) is 15.0 Å². The monoisotopic (exact) mass is 300 g/mol. The number of nitrogens with two attached hydrogens (primary N) is 1. The maximum absolute atomic E-state index is 6.04. The maximum Gasteiger partial charge on any atom is 0.491 e. The lowest BCUT2D eigenvalue weighted by Gasteiger charge is -2.32. The van der Waals surface area contributed by atoms with Gasteiger partial charge in [0.25, 0.3) is 0 Å². The van der Waals surface area contributed by atoms with E-state index in [1.165, 1.54) is 0 Å². The minimum atomic E-state index is -0.460. The van der Waals surface area contributed by atoms with Crippen molar-refractivity contribution in [3.63, 3.8) is 0 Å². The van der Waals surface area contributed by atoms with Gasteiger partial charge in [-0.2, -0.15) is 0 Å². The predicted molar refractivity (Wildman–Crippen MR) is 87.0 cm³/mol. The molecule has 116 valence electrons. The first-order valence-electron chi connectivity index (χ1n) is 7.39. The third-order valence-electron chi connectivity index (χ3n) is 4.40. The molecule has 3 rings (SSSR count). The molecule has 22 heavy (non-hydrogen) atoms. The molecule has 0 atom stereocenters. The topological polar surface area (TPSA) is 86.0 Å². The summed E-state index contributed by atoms with van der Waals surface area (Å²) in [6.07, 6.45) is 5.41. The van der Waals surface area contributed by atoms with Crippen molar-refractivity contribution < 1.29 is 9.31 Å². The van der Waals surface area contributed by atoms with Gasteiger partial charge in [0, 0.05) is 12.7 Å². The van der Waals surface area contributed by atoms with E-state index < -0.39 is 7.12 Å². The van der Waals surface area contributed by atoms with Gasteiger partial charge >= 0.3 is 7.12 Å². The molecule has 0 aromatic carbocycles. The molecule has 0 bridgehead atoms. The summed E-state index contributed by atoms with van der Waals surface area (Å²) in [4.78, 5) is 11.9. The van der Waals surface area contributed by atoms with Gasteiger partial charge in [0.15, 0.2) is 5.65 Å². The van der Waals surface area contributed by atoms with Crippen LogP contribution < -0.4 is 5.73 Å². The van der Waals surface area contributed by atoms with Crippen LogP contribution in [0.4, 0.5) is 0 Å². The number of nitrogens with zero attached hydrogens (tertiary/aromatic N) is 2. The van der Waals surface area contributed by atoms with E-state index in [0.29, 0.717) is 6.54 Å². The second-order valence-electron chi connectivity index (χ2n) is 6.52. The van der Waals surface area contributed by atoms with Crippen molar-refractivity contribution in [1.29, 1.82) is 0 Å². The molecule has 2 aromatic heterocycles. The largest absolute Gasteiger partial charge is 0.491 e. The van der Waals surface area contributed by atoms with Crippen LogP contribution in [0.3, 0.4) is 0 Å². The molecule has 0 spiro atoms. The molecule has 7 heteroatoms. The number of hydrogen-bond donors (Lipinski definition) is 2. The third-order valence-corrected chi connectivity index (χ3v) is 4.40. The Hall–Kier alpha value is -1.70. The van der Waals surface area contributed by atoms with Gasteiger partial charge < -0.3 is 20.0 Å². The van der Waals surface area contributed by atoms with E-state index in [2.05, 4.69) is 15.0 Å². The average Bonchev–Trinajstić information content (AvgIpc) is 2.98. The van der Waals surface area contributed by atoms with Crippen LogP contribution in [-0.4, -0.2) is 39.8 Å². The standard InChI is InChI=1S/C15H21BN4O2/c1-14(2)15(3,4)22-16(21-14)10(8-17)7-11-9-19-13-12(20-11)5-6-18-13/h5-7,9H,8,17H2,1-4H3,(H,18,19). The van der Waals surface area contributed by atoms with Gasteiger partial charge in [-0.1, -0.05) is 0 Å². The second-order valence-corrected chi connectivity index (χ2v) is 6.52. The zero-order chi connectivity index (χ0) is 16.0. The van der Waals surface area contributed by atoms with Gasteiger partial charge in [-0.25, -0.2) is 9.97 Å². The fraction of sp³-hybridized carbons (Fsp3) is 0.467. The lowest BCUT2D eigenvalue weighted by Crippen LogP contribution is -2.41. The first-order chi connectivity index (χ1) is 10.3. The fourth-order valence-corrected chi connectivity index (χ4v) is 2.32. The highest BCUT2D eigenvalue weighted by Gasteiger charge is 2.52. The Bertz CT molecular complexity index is 707. The zero-order valence-electron chi connectivity index (χ0n) is 13.4. The molecular weight excluding hydrogens is 279 g/mol. The molecular formula is C15H21BN4O2. The number of rotatable bonds is 3. The van der Waals surface area contributed by atoms with Gasteiger partial charge in [-0.15, -0.1) is 0 Å². The summed E-state index contributed by atoms with van der Waals surface area (Å²) in [7, 11) is -0.460. The lowest BCUT2D eigenvalue weighted by molar-refractivity contribution is 0.00578. The van der Waals surface area contributed by atoms with Crippen LogP contribution in [0, 0.1) is 0 Å². The molecule has 0 unspecified atom stereocenters. The summed E-state index contributed by atoms with van der Waals surface area (Å²) in [5, 5.41) is 0. The quantitative estimate of drug-likeness (QED) is 0.846. The molecule has 6 nitrogen and oxygen atoms in total. The van der Waals surface area contributed by atoms with Crippen molar-refractivity contribution in [2.75, 3.05) is 6.54 Å². The van der Waals surface area contributed by atoms with Crippen LogP contribution in [0.5, 0.6) is 0 Å². The Morgan fingerprint density at radius 2 is 2.00 bits per heavy atom. The third kappa shape index (κ3) is 2.56. The van der Waals surface area contributed by atoms with Gasteiger partial charge in [0.1, 0.15) is 5.52 Å². The summed E-state index contributed by atoms with van der Waals surface area (Å²) in [6, 6.07) is 1.89. The lowest BCUT2D eigenvalue weighted by atomic mass is 9.77. The van der Waals surface area contributed by atoms with E-state index in [-0.39, 0.29) is 11.2 Å². The molecule has 2 aromatic rings. The number of hydrogen-bond acceptors (Lipinski definition) is 5. The van der Waals surface area contributed by atoms with Crippen LogP contribution in [0.25, 0.3) is 17.2 Å². The van der Waals surface area contributed by atoms with Crippen LogP contribution >= 0.6 is 0 Å². The Morgan fingerprint density at radius 3 is 2.64 bits per heavy atom. The first-order valence-corrected chi connectivity index (χ1v) is 7.39. The Labute approximate surface area is 130 Å². The summed E-state index contributed by atoms with van der Waals surface area (Å²) < 4.78 is 12.1. The molecule has 1 aliphatic rings. The molecule has 0 saturated carbocycles. The van der Waals surface area contributed by atoms with E-state index in [1.54, 1.807) is 6.20 Å². The zero-order valence-corrected chi connectivity index (χ0v) is 13.4. The van der Waals surface area contributed by atoms with Crippen molar-refractivity contribution in [1.82, 2.24) is 15.0 Å². The van der Waals surface area contributed by atoms with Gasteiger partial charge in [0.05, 0.1) is 23.1 Å². The second kappa shape index (κ2) is 5.19. The maximum atomic E-state index is 6.04. The fourth-order valence-electron chi connectivity index (χ4n) is 2.32. The molecule has 1 fully saturated rings. The highest BCUT2D eigenvalue weighted by molar-refractivity contribution is 6.55. The number of aromatic amines is 1. The molecule has 0 aliphatic carbocycles. The smallest absolute Gasteiger partial charge is 0.400 e. The van der Waals surface area contributed by atoms with E-state index in [9.17, 15) is 0 Å². The Balaban J connectivity index is 1.90. The molecule has 1 aliphatic heterocycles. The molecule has 0 amide bonds. The minimum Gasteiger partial charge on any atom is -0.400 e. The summed E-state index contributed by atoms with van der Waals surface area (Å²) in [6.45, 7) is 8.42. The highest BCUT2D eigenvalue weighted by atomic mass is 16.7. The number of nitrogens with one attached hydrogen (secondary N) is 1. The van der Waals surface area contributed by atoms with Crippen molar-refractivity contribution in [3.8, 4) is 0 Å². The Morgan fingerprint density at radius 1 is 1.32 bits per heavy atom. The molecule has 3 heterocycles. The Kier molecular flexibility index (Phi) is 3.59. The van der Waals surface area contributed by atoms with Crippen molar-refractivity contribution >= 4 is 24.4 Å². The van der Waals surface area contributed by atoms with E-state index >= 15 is 0 Å². The summed E-state index contributed by atoms with van der Waals surface area (Å²) in [5.74, 6) is 0. The number of aromatic nitrogens is 3. The van der Waals surface area contributed by atoms with Gasteiger partial charge in [-0.3, -0.25) is 0 Å². The SMILES string of the molecule is CC1(C)OB(C(=Cc2cnc3[nH]ccc3n2)CN)OC1(C)C. The van der Waals surface area contributed by atoms with E-state index in [1.807, 2.05) is 46.0 Å². The average molecular weight is 300 g/mol. The van der Waals surface area contributed by atoms with Gasteiger partial charge in [-0.05, 0) is 45.3 Å². The van der Waals surface area contributed by atoms with Crippen LogP contribution in [-0.2, 0) is 9.31 Å². The normalized spacial score (nSPS) is 20.8. The van der Waals surface area contributed by atoms with Gasteiger partial charge in [0.2, 0.25) is 0 Å². The van der Waals surface area contributed by atoms with E-state index in [0.717, 1.165) is 22.3 Å². The number of H-pyrrole nitrogens is 1. The summed E-state index contributed by atoms with van der Waals surface area (Å²) in [5.41, 5.74) is 8.29. The molecule has 1 saturated heterocycles. The summed E-state index contributed by atoms with van der Waals surface area (Å²) >= 11 is 0. The number of fused-ring (bicyclic) bond motifs is 1. The molecule has 0 radical (unpaired) electrons. The van der Waals surface area contributed by atoms with Crippen LogP contribution in [0.2, 0.25) is 0 Å². The van der Waals surface area contributed by atoms with Crippen LogP contribution in [0.15, 0.2) is 23.9 Å². The molecule has 3 N–H and O–H groups in total. The predicted octanol–water partition coefficient (Wildman–Crippen LogP) is 1.93. The van der Waals surface area contributed by atoms with Crippen molar-refractivity contribution in [2.24, 2.45) is 5.73 Å². The first kappa shape index (κ1) is 15.2.